The molecule has 0 aliphatic carbocycles. The number of amides is 1. The highest BCUT2D eigenvalue weighted by molar-refractivity contribution is 7.22. The average Bonchev–Trinajstić information content (AvgIpc) is 3.42. The SMILES string of the molecule is COc1cccc(C(=O)N(CCn2cccn2)c2nc3ccccc3s2)c1OC. The van der Waals surface area contributed by atoms with Crippen molar-refractivity contribution in [3.8, 4) is 11.5 Å². The predicted molar refractivity (Wildman–Crippen MR) is 113 cm³/mol. The maximum Gasteiger partial charge on any atom is 0.264 e. The van der Waals surface area contributed by atoms with Crippen molar-refractivity contribution in [1.29, 1.82) is 0 Å². The van der Waals surface area contributed by atoms with Crippen molar-refractivity contribution < 1.29 is 14.3 Å². The number of thiazole rings is 1. The third-order valence-electron chi connectivity index (χ3n) is 4.50. The molecule has 0 radical (unpaired) electrons. The molecule has 1 amide bonds. The fourth-order valence-corrected chi connectivity index (χ4v) is 4.09. The molecule has 0 N–H and O–H groups in total. The van der Waals surface area contributed by atoms with Crippen molar-refractivity contribution in [3.63, 3.8) is 0 Å². The van der Waals surface area contributed by atoms with E-state index in [-0.39, 0.29) is 5.91 Å². The van der Waals surface area contributed by atoms with Gasteiger partial charge in [-0.25, -0.2) is 4.98 Å². The molecular formula is C21H20N4O3S. The molecule has 0 atom stereocenters. The third kappa shape index (κ3) is 3.79. The zero-order valence-electron chi connectivity index (χ0n) is 16.1. The summed E-state index contributed by atoms with van der Waals surface area (Å²) in [4.78, 5) is 19.9. The summed E-state index contributed by atoms with van der Waals surface area (Å²) in [6, 6.07) is 15.0. The van der Waals surface area contributed by atoms with Crippen LogP contribution in [0, 0.1) is 0 Å². The van der Waals surface area contributed by atoms with E-state index in [1.165, 1.54) is 18.4 Å². The first-order valence-corrected chi connectivity index (χ1v) is 9.88. The molecule has 0 aliphatic heterocycles. The Morgan fingerprint density at radius 1 is 1.10 bits per heavy atom. The normalized spacial score (nSPS) is 10.8. The fourth-order valence-electron chi connectivity index (χ4n) is 3.10. The van der Waals surface area contributed by atoms with Crippen LogP contribution in [0.3, 0.4) is 0 Å². The number of anilines is 1. The van der Waals surface area contributed by atoms with Crippen LogP contribution in [0.2, 0.25) is 0 Å². The zero-order valence-corrected chi connectivity index (χ0v) is 16.9. The highest BCUT2D eigenvalue weighted by Gasteiger charge is 2.25. The summed E-state index contributed by atoms with van der Waals surface area (Å²) in [6.45, 7) is 0.960. The van der Waals surface area contributed by atoms with Gasteiger partial charge in [-0.05, 0) is 30.3 Å². The summed E-state index contributed by atoms with van der Waals surface area (Å²) in [5.41, 5.74) is 1.29. The Hall–Kier alpha value is -3.39. The number of carbonyl (C=O) groups excluding carboxylic acids is 1. The average molecular weight is 408 g/mol. The molecule has 0 saturated carbocycles. The van der Waals surface area contributed by atoms with Crippen molar-refractivity contribution in [2.24, 2.45) is 0 Å². The number of benzene rings is 2. The second-order valence-electron chi connectivity index (χ2n) is 6.23. The monoisotopic (exact) mass is 408 g/mol. The number of rotatable bonds is 7. The van der Waals surface area contributed by atoms with Crippen LogP contribution in [0.25, 0.3) is 10.2 Å². The van der Waals surface area contributed by atoms with Gasteiger partial charge in [-0.1, -0.05) is 29.5 Å². The number of fused-ring (bicyclic) bond motifs is 1. The van der Waals surface area contributed by atoms with E-state index in [9.17, 15) is 4.79 Å². The molecule has 7 nitrogen and oxygen atoms in total. The Labute approximate surface area is 172 Å². The largest absolute Gasteiger partial charge is 0.493 e. The molecule has 2 heterocycles. The number of para-hydroxylation sites is 2. The number of carbonyl (C=O) groups is 1. The highest BCUT2D eigenvalue weighted by Crippen LogP contribution is 2.34. The van der Waals surface area contributed by atoms with E-state index in [0.717, 1.165) is 10.2 Å². The van der Waals surface area contributed by atoms with Gasteiger partial charge in [0.25, 0.3) is 5.91 Å². The molecule has 2 aromatic carbocycles. The Morgan fingerprint density at radius 3 is 2.69 bits per heavy atom. The van der Waals surface area contributed by atoms with Gasteiger partial charge in [0, 0.05) is 18.9 Å². The molecule has 0 saturated heterocycles. The standard InChI is InChI=1S/C21H20N4O3S/c1-27-17-9-5-7-15(19(17)28-2)20(26)25(14-13-24-12-6-11-22-24)21-23-16-8-3-4-10-18(16)29-21/h3-12H,13-14H2,1-2H3. The minimum Gasteiger partial charge on any atom is -0.493 e. The van der Waals surface area contributed by atoms with Gasteiger partial charge in [-0.15, -0.1) is 0 Å². The fraction of sp³-hybridized carbons (Fsp3) is 0.190. The summed E-state index contributed by atoms with van der Waals surface area (Å²) in [5, 5.41) is 4.87. The van der Waals surface area contributed by atoms with Gasteiger partial charge < -0.3 is 9.47 Å². The van der Waals surface area contributed by atoms with E-state index in [0.29, 0.717) is 35.3 Å². The van der Waals surface area contributed by atoms with E-state index >= 15 is 0 Å². The summed E-state index contributed by atoms with van der Waals surface area (Å²) in [5.74, 6) is 0.715. The van der Waals surface area contributed by atoms with E-state index in [2.05, 4.69) is 10.1 Å². The number of ether oxygens (including phenoxy) is 2. The third-order valence-corrected chi connectivity index (χ3v) is 5.56. The van der Waals surface area contributed by atoms with Gasteiger partial charge in [0.1, 0.15) is 0 Å². The number of nitrogens with zero attached hydrogens (tertiary/aromatic N) is 4. The second-order valence-corrected chi connectivity index (χ2v) is 7.24. The predicted octanol–water partition coefficient (Wildman–Crippen LogP) is 3.86. The van der Waals surface area contributed by atoms with Crippen molar-refractivity contribution >= 4 is 32.6 Å². The second kappa shape index (κ2) is 8.32. The van der Waals surface area contributed by atoms with Crippen LogP contribution in [0.1, 0.15) is 10.4 Å². The number of methoxy groups -OCH3 is 2. The van der Waals surface area contributed by atoms with E-state index in [1.807, 2.05) is 36.5 Å². The maximum atomic E-state index is 13.6. The molecule has 29 heavy (non-hydrogen) atoms. The smallest absolute Gasteiger partial charge is 0.264 e. The van der Waals surface area contributed by atoms with Gasteiger partial charge in [-0.3, -0.25) is 14.4 Å². The molecule has 4 rings (SSSR count). The van der Waals surface area contributed by atoms with Crippen LogP contribution in [-0.2, 0) is 6.54 Å². The molecule has 0 aliphatic rings. The lowest BCUT2D eigenvalue weighted by Crippen LogP contribution is -2.34. The molecular weight excluding hydrogens is 388 g/mol. The van der Waals surface area contributed by atoms with Crippen LogP contribution < -0.4 is 14.4 Å². The van der Waals surface area contributed by atoms with Crippen LogP contribution >= 0.6 is 11.3 Å². The van der Waals surface area contributed by atoms with Crippen LogP contribution in [-0.4, -0.2) is 41.4 Å². The first-order chi connectivity index (χ1) is 14.2. The van der Waals surface area contributed by atoms with Crippen molar-refractivity contribution in [2.75, 3.05) is 25.7 Å². The summed E-state index contributed by atoms with van der Waals surface area (Å²) < 4.78 is 13.6. The first kappa shape index (κ1) is 18.9. The van der Waals surface area contributed by atoms with Gasteiger partial charge in [0.05, 0.1) is 36.5 Å². The molecule has 0 bridgehead atoms. The zero-order chi connectivity index (χ0) is 20.2. The highest BCUT2D eigenvalue weighted by atomic mass is 32.1. The van der Waals surface area contributed by atoms with Crippen LogP contribution in [0.15, 0.2) is 60.9 Å². The minimum atomic E-state index is -0.202. The molecule has 2 aromatic heterocycles. The maximum absolute atomic E-state index is 13.6. The lowest BCUT2D eigenvalue weighted by atomic mass is 10.1. The number of aromatic nitrogens is 3. The van der Waals surface area contributed by atoms with Crippen molar-refractivity contribution in [1.82, 2.24) is 14.8 Å². The summed E-state index contributed by atoms with van der Waals surface area (Å²) >= 11 is 1.48. The molecule has 0 unspecified atom stereocenters. The Bertz CT molecular complexity index is 1090. The first-order valence-electron chi connectivity index (χ1n) is 9.07. The molecule has 4 aromatic rings. The van der Waals surface area contributed by atoms with Crippen molar-refractivity contribution in [3.05, 3.63) is 66.5 Å². The van der Waals surface area contributed by atoms with Crippen LogP contribution in [0.4, 0.5) is 5.13 Å². The quantitative estimate of drug-likeness (QED) is 0.464. The Kier molecular flexibility index (Phi) is 5.44. The van der Waals surface area contributed by atoms with E-state index < -0.39 is 0 Å². The van der Waals surface area contributed by atoms with E-state index in [1.54, 1.807) is 41.1 Å². The topological polar surface area (TPSA) is 69.5 Å². The van der Waals surface area contributed by atoms with Crippen molar-refractivity contribution in [2.45, 2.75) is 6.54 Å². The molecule has 8 heteroatoms. The summed E-state index contributed by atoms with van der Waals surface area (Å²) in [6.07, 6.45) is 3.59. The van der Waals surface area contributed by atoms with Crippen LogP contribution in [0.5, 0.6) is 11.5 Å². The number of hydrogen-bond acceptors (Lipinski definition) is 6. The number of hydrogen-bond donors (Lipinski definition) is 0. The molecule has 148 valence electrons. The Morgan fingerprint density at radius 2 is 1.97 bits per heavy atom. The van der Waals surface area contributed by atoms with E-state index in [4.69, 9.17) is 9.47 Å². The van der Waals surface area contributed by atoms with Gasteiger partial charge in [0.15, 0.2) is 16.6 Å². The minimum absolute atomic E-state index is 0.202. The molecule has 0 fully saturated rings. The Balaban J connectivity index is 1.74. The van der Waals surface area contributed by atoms with Gasteiger partial charge in [0.2, 0.25) is 0 Å². The van der Waals surface area contributed by atoms with Gasteiger partial charge >= 0.3 is 0 Å². The summed E-state index contributed by atoms with van der Waals surface area (Å²) in [7, 11) is 3.08. The molecule has 0 spiro atoms. The lowest BCUT2D eigenvalue weighted by Gasteiger charge is -2.21. The van der Waals surface area contributed by atoms with Gasteiger partial charge in [-0.2, -0.15) is 5.10 Å². The lowest BCUT2D eigenvalue weighted by molar-refractivity contribution is 0.0982.